The van der Waals surface area contributed by atoms with E-state index in [0.717, 1.165) is 22.1 Å². The first-order valence-corrected chi connectivity index (χ1v) is 13.0. The normalized spacial score (nSPS) is 15.2. The molecule has 2 N–H and O–H groups in total. The van der Waals surface area contributed by atoms with Crippen molar-refractivity contribution in [1.29, 1.82) is 0 Å². The van der Waals surface area contributed by atoms with Crippen molar-refractivity contribution in [2.45, 2.75) is 40.7 Å². The van der Waals surface area contributed by atoms with Gasteiger partial charge in [0, 0.05) is 16.7 Å². The van der Waals surface area contributed by atoms with Crippen LogP contribution in [0.4, 0.5) is 26.2 Å². The molecule has 40 heavy (non-hydrogen) atoms. The molecule has 3 aromatic carbocycles. The Labute approximate surface area is 233 Å². The molecule has 0 bridgehead atoms. The van der Waals surface area contributed by atoms with Crippen molar-refractivity contribution >= 4 is 40.7 Å². The number of carbonyl (C=O) groups excluding carboxylic acids is 4. The lowest BCUT2D eigenvalue weighted by molar-refractivity contribution is -0.126. The number of aryl methyl sites for hydroxylation is 2. The largest absolute Gasteiger partial charge is 0.324 e. The molecule has 9 heteroatoms. The lowest BCUT2D eigenvalue weighted by Gasteiger charge is -2.31. The molecule has 4 amide bonds. The average Bonchev–Trinajstić information content (AvgIpc) is 2.98. The first kappa shape index (κ1) is 28.5. The smallest absolute Gasteiger partial charge is 0.319 e. The third kappa shape index (κ3) is 6.20. The molecule has 0 aliphatic carbocycles. The minimum atomic E-state index is -1.23. The van der Waals surface area contributed by atoms with Crippen molar-refractivity contribution < 1.29 is 23.6 Å². The average molecular weight is 545 g/mol. The van der Waals surface area contributed by atoms with Crippen LogP contribution < -0.4 is 20.4 Å². The summed E-state index contributed by atoms with van der Waals surface area (Å²) in [6, 6.07) is 16.0. The van der Waals surface area contributed by atoms with Crippen LogP contribution in [-0.2, 0) is 9.59 Å². The zero-order valence-electron chi connectivity index (χ0n) is 23.2. The van der Waals surface area contributed by atoms with E-state index in [1.165, 1.54) is 17.0 Å². The Balaban J connectivity index is 1.75. The van der Waals surface area contributed by atoms with Crippen LogP contribution in [0.3, 0.4) is 0 Å². The molecule has 1 heterocycles. The minimum absolute atomic E-state index is 0.0768. The summed E-state index contributed by atoms with van der Waals surface area (Å²) in [7, 11) is 0. The number of carbonyl (C=O) groups is 4. The standard InChI is InChI=1S/C31H33FN4O4/c1-19-9-8-11-22(15-19)33-30(40)34-24-17-36(29(39)31(3,4)5)25-14-13-21(32)16-26(25)35(28(24)38)18-27(37)23-12-7-6-10-20(23)2/h6-16,24H,17-18H2,1-5H3,(H2,33,34,40). The van der Waals surface area contributed by atoms with E-state index in [0.29, 0.717) is 11.3 Å². The van der Waals surface area contributed by atoms with Gasteiger partial charge in [-0.25, -0.2) is 9.18 Å². The van der Waals surface area contributed by atoms with Gasteiger partial charge in [-0.15, -0.1) is 0 Å². The SMILES string of the molecule is Cc1cccc(NC(=O)NC2CN(C(=O)C(C)(C)C)c3ccc(F)cc3N(CC(=O)c3ccccc3C)C2=O)c1. The van der Waals surface area contributed by atoms with Crippen molar-refractivity contribution in [3.8, 4) is 0 Å². The van der Waals surface area contributed by atoms with Gasteiger partial charge in [0.25, 0.3) is 5.91 Å². The summed E-state index contributed by atoms with van der Waals surface area (Å²) >= 11 is 0. The molecular formula is C31H33FN4O4. The third-order valence-corrected chi connectivity index (χ3v) is 6.66. The number of urea groups is 1. The number of ketones is 1. The van der Waals surface area contributed by atoms with Crippen molar-refractivity contribution in [3.05, 3.63) is 89.2 Å². The van der Waals surface area contributed by atoms with E-state index in [2.05, 4.69) is 10.6 Å². The van der Waals surface area contributed by atoms with Crippen LogP contribution in [0.1, 0.15) is 42.3 Å². The predicted octanol–water partition coefficient (Wildman–Crippen LogP) is 5.24. The Kier molecular flexibility index (Phi) is 8.04. The van der Waals surface area contributed by atoms with Crippen LogP contribution in [0.2, 0.25) is 0 Å². The van der Waals surface area contributed by atoms with E-state index in [1.807, 2.05) is 13.0 Å². The monoisotopic (exact) mass is 544 g/mol. The van der Waals surface area contributed by atoms with Gasteiger partial charge < -0.3 is 20.4 Å². The van der Waals surface area contributed by atoms with Crippen molar-refractivity contribution in [2.75, 3.05) is 28.2 Å². The fourth-order valence-corrected chi connectivity index (χ4v) is 4.64. The first-order chi connectivity index (χ1) is 18.8. The number of nitrogens with zero attached hydrogens (tertiary/aromatic N) is 2. The van der Waals surface area contributed by atoms with Gasteiger partial charge in [0.2, 0.25) is 5.91 Å². The van der Waals surface area contributed by atoms with Gasteiger partial charge in [-0.2, -0.15) is 0 Å². The van der Waals surface area contributed by atoms with E-state index in [4.69, 9.17) is 0 Å². The Morgan fingerprint density at radius 1 is 0.950 bits per heavy atom. The van der Waals surface area contributed by atoms with E-state index in [1.54, 1.807) is 70.2 Å². The van der Waals surface area contributed by atoms with Crippen molar-refractivity contribution in [3.63, 3.8) is 0 Å². The summed E-state index contributed by atoms with van der Waals surface area (Å²) < 4.78 is 14.6. The molecule has 1 aliphatic heterocycles. The number of anilines is 3. The fraction of sp³-hybridized carbons (Fsp3) is 0.290. The molecule has 0 aromatic heterocycles. The molecule has 0 spiro atoms. The number of nitrogens with one attached hydrogen (secondary N) is 2. The summed E-state index contributed by atoms with van der Waals surface area (Å²) in [6.45, 7) is 8.26. The van der Waals surface area contributed by atoms with Crippen LogP contribution in [0.5, 0.6) is 0 Å². The van der Waals surface area contributed by atoms with Gasteiger partial charge in [-0.05, 0) is 55.3 Å². The summed E-state index contributed by atoms with van der Waals surface area (Å²) in [5, 5.41) is 5.39. The molecular weight excluding hydrogens is 511 g/mol. The third-order valence-electron chi connectivity index (χ3n) is 6.66. The molecule has 0 fully saturated rings. The maximum atomic E-state index is 14.6. The number of rotatable bonds is 5. The lowest BCUT2D eigenvalue weighted by Crippen LogP contribution is -2.55. The second-order valence-electron chi connectivity index (χ2n) is 11.0. The zero-order valence-corrected chi connectivity index (χ0v) is 23.2. The first-order valence-electron chi connectivity index (χ1n) is 13.0. The number of hydrogen-bond donors (Lipinski definition) is 2. The van der Waals surface area contributed by atoms with Gasteiger partial charge in [-0.3, -0.25) is 14.4 Å². The van der Waals surface area contributed by atoms with E-state index >= 15 is 0 Å². The number of amides is 4. The topological polar surface area (TPSA) is 98.8 Å². The Bertz CT molecular complexity index is 1480. The second kappa shape index (κ2) is 11.3. The Morgan fingerprint density at radius 3 is 2.35 bits per heavy atom. The summed E-state index contributed by atoms with van der Waals surface area (Å²) in [6.07, 6.45) is 0. The van der Waals surface area contributed by atoms with Gasteiger partial charge in [-0.1, -0.05) is 57.2 Å². The highest BCUT2D eigenvalue weighted by molar-refractivity contribution is 6.13. The maximum absolute atomic E-state index is 14.6. The molecule has 3 aromatic rings. The highest BCUT2D eigenvalue weighted by atomic mass is 19.1. The second-order valence-corrected chi connectivity index (χ2v) is 11.0. The summed E-state index contributed by atoms with van der Waals surface area (Å²) in [5.74, 6) is -1.96. The molecule has 1 atom stereocenters. The number of benzene rings is 3. The Morgan fingerprint density at radius 2 is 1.68 bits per heavy atom. The van der Waals surface area contributed by atoms with E-state index in [-0.39, 0.29) is 29.6 Å². The summed E-state index contributed by atoms with van der Waals surface area (Å²) in [4.78, 5) is 56.5. The van der Waals surface area contributed by atoms with Crippen LogP contribution in [0.15, 0.2) is 66.7 Å². The minimum Gasteiger partial charge on any atom is -0.324 e. The number of hydrogen-bond acceptors (Lipinski definition) is 4. The highest BCUT2D eigenvalue weighted by Gasteiger charge is 2.40. The molecule has 0 radical (unpaired) electrons. The quantitative estimate of drug-likeness (QED) is 0.429. The molecule has 1 aliphatic rings. The van der Waals surface area contributed by atoms with Gasteiger partial charge in [0.1, 0.15) is 11.9 Å². The molecule has 8 nitrogen and oxygen atoms in total. The van der Waals surface area contributed by atoms with E-state index in [9.17, 15) is 23.6 Å². The number of halogens is 1. The van der Waals surface area contributed by atoms with Gasteiger partial charge >= 0.3 is 6.03 Å². The molecule has 0 saturated carbocycles. The van der Waals surface area contributed by atoms with Crippen LogP contribution in [0.25, 0.3) is 0 Å². The molecule has 0 saturated heterocycles. The maximum Gasteiger partial charge on any atom is 0.319 e. The van der Waals surface area contributed by atoms with Crippen molar-refractivity contribution in [1.82, 2.24) is 5.32 Å². The Hall–Kier alpha value is -4.53. The van der Waals surface area contributed by atoms with Crippen LogP contribution >= 0.6 is 0 Å². The number of fused-ring (bicyclic) bond motifs is 1. The van der Waals surface area contributed by atoms with Gasteiger partial charge in [0.05, 0.1) is 24.5 Å². The van der Waals surface area contributed by atoms with Crippen LogP contribution in [-0.4, -0.2) is 42.8 Å². The molecule has 1 unspecified atom stereocenters. The fourth-order valence-electron chi connectivity index (χ4n) is 4.64. The van der Waals surface area contributed by atoms with Gasteiger partial charge in [0.15, 0.2) is 5.78 Å². The number of Topliss-reactive ketones (excluding diaryl/α,β-unsaturated/α-hetero) is 1. The zero-order chi connectivity index (χ0) is 29.2. The van der Waals surface area contributed by atoms with E-state index < -0.39 is 35.8 Å². The predicted molar refractivity (Wildman–Crippen MR) is 153 cm³/mol. The summed E-state index contributed by atoms with van der Waals surface area (Å²) in [5.41, 5.74) is 2.10. The van der Waals surface area contributed by atoms with Crippen LogP contribution in [0, 0.1) is 25.1 Å². The van der Waals surface area contributed by atoms with Crippen molar-refractivity contribution in [2.24, 2.45) is 5.41 Å². The lowest BCUT2D eigenvalue weighted by atomic mass is 9.94. The highest BCUT2D eigenvalue weighted by Crippen LogP contribution is 2.36. The molecule has 208 valence electrons. The molecule has 4 rings (SSSR count).